The molecule has 0 bridgehead atoms. The molecular formula is C23H26FN3OS. The number of thioether (sulfide) groups is 1. The van der Waals surface area contributed by atoms with Crippen LogP contribution in [0.15, 0.2) is 47.4 Å². The maximum absolute atomic E-state index is 13.9. The minimum Gasteiger partial charge on any atom is -0.364 e. The number of nitrogens with one attached hydrogen (secondary N) is 2. The maximum Gasteiger partial charge on any atom is 0.254 e. The van der Waals surface area contributed by atoms with Gasteiger partial charge in [-0.05, 0) is 55.3 Å². The highest BCUT2D eigenvalue weighted by Crippen LogP contribution is 2.55. The number of carbonyl (C=O) groups is 1. The van der Waals surface area contributed by atoms with Crippen LogP contribution in [0, 0.1) is 5.82 Å². The van der Waals surface area contributed by atoms with E-state index in [-0.39, 0.29) is 17.0 Å². The molecule has 0 spiro atoms. The molecule has 4 nitrogen and oxygen atoms in total. The molecule has 2 aromatic rings. The summed E-state index contributed by atoms with van der Waals surface area (Å²) in [7, 11) is 0. The Kier molecular flexibility index (Phi) is 5.00. The summed E-state index contributed by atoms with van der Waals surface area (Å²) < 4.78 is 13.9. The van der Waals surface area contributed by atoms with Crippen LogP contribution in [-0.4, -0.2) is 43.4 Å². The summed E-state index contributed by atoms with van der Waals surface area (Å²) in [6.07, 6.45) is 3.10. The van der Waals surface area contributed by atoms with Crippen molar-refractivity contribution in [1.29, 1.82) is 0 Å². The van der Waals surface area contributed by atoms with Gasteiger partial charge in [-0.3, -0.25) is 4.79 Å². The second-order valence-corrected chi connectivity index (χ2v) is 9.28. The molecule has 0 aliphatic carbocycles. The van der Waals surface area contributed by atoms with Gasteiger partial charge >= 0.3 is 0 Å². The van der Waals surface area contributed by atoms with Gasteiger partial charge in [0, 0.05) is 30.4 Å². The molecule has 2 N–H and O–H groups in total. The van der Waals surface area contributed by atoms with Crippen molar-refractivity contribution in [2.75, 3.05) is 36.8 Å². The fourth-order valence-electron chi connectivity index (χ4n) is 5.39. The Bertz CT molecular complexity index is 936. The smallest absolute Gasteiger partial charge is 0.254 e. The minimum atomic E-state index is -0.467. The van der Waals surface area contributed by atoms with Gasteiger partial charge in [-0.2, -0.15) is 0 Å². The molecule has 1 amide bonds. The lowest BCUT2D eigenvalue weighted by Gasteiger charge is -2.47. The molecule has 6 heteroatoms. The summed E-state index contributed by atoms with van der Waals surface area (Å²) in [6, 6.07) is 12.9. The third kappa shape index (κ3) is 3.13. The van der Waals surface area contributed by atoms with E-state index in [0.717, 1.165) is 38.2 Å². The Morgan fingerprint density at radius 1 is 1.28 bits per heavy atom. The summed E-state index contributed by atoms with van der Waals surface area (Å²) in [5.41, 5.74) is 3.01. The standard InChI is InChI=1S/C23H26FN3OS/c24-19-7-2-1-5-17(19)22(28)26-12-10-23-9-11-25-15-18(23)16-6-3-8-20-21(16)27(23)13-4-14-29-20/h1-3,5-8,18,25H,4,9-15H2,(H,26,28). The Morgan fingerprint density at radius 3 is 3.07 bits per heavy atom. The average Bonchev–Trinajstić information content (AvgIpc) is 2.86. The van der Waals surface area contributed by atoms with E-state index in [0.29, 0.717) is 12.5 Å². The van der Waals surface area contributed by atoms with E-state index in [4.69, 9.17) is 0 Å². The predicted molar refractivity (Wildman–Crippen MR) is 115 cm³/mol. The number of nitrogens with zero attached hydrogens (tertiary/aromatic N) is 1. The van der Waals surface area contributed by atoms with Crippen molar-refractivity contribution < 1.29 is 9.18 Å². The van der Waals surface area contributed by atoms with E-state index in [2.05, 4.69) is 33.7 Å². The van der Waals surface area contributed by atoms with Gasteiger partial charge in [0.2, 0.25) is 0 Å². The molecule has 5 rings (SSSR count). The molecule has 2 atom stereocenters. The number of piperidine rings is 1. The Hall–Kier alpha value is -2.05. The molecule has 3 aliphatic rings. The number of hydrogen-bond acceptors (Lipinski definition) is 4. The van der Waals surface area contributed by atoms with Crippen LogP contribution in [0.5, 0.6) is 0 Å². The molecular weight excluding hydrogens is 385 g/mol. The number of hydrogen-bond donors (Lipinski definition) is 2. The average molecular weight is 412 g/mol. The molecule has 2 unspecified atom stereocenters. The highest BCUT2D eigenvalue weighted by molar-refractivity contribution is 7.99. The molecule has 3 heterocycles. The van der Waals surface area contributed by atoms with Crippen LogP contribution in [0.4, 0.5) is 10.1 Å². The van der Waals surface area contributed by atoms with E-state index in [1.807, 2.05) is 11.8 Å². The zero-order valence-corrected chi connectivity index (χ0v) is 17.2. The molecule has 1 fully saturated rings. The van der Waals surface area contributed by atoms with E-state index < -0.39 is 5.82 Å². The summed E-state index contributed by atoms with van der Waals surface area (Å²) >= 11 is 1.97. The third-order valence-corrected chi connectivity index (χ3v) is 7.82. The van der Waals surface area contributed by atoms with Crippen molar-refractivity contribution >= 4 is 23.4 Å². The highest BCUT2D eigenvalue weighted by Gasteiger charge is 2.52. The van der Waals surface area contributed by atoms with Crippen molar-refractivity contribution in [3.05, 3.63) is 59.4 Å². The second kappa shape index (κ2) is 7.65. The fourth-order valence-corrected chi connectivity index (χ4v) is 6.43. The molecule has 0 saturated carbocycles. The van der Waals surface area contributed by atoms with Crippen molar-refractivity contribution in [2.45, 2.75) is 35.6 Å². The van der Waals surface area contributed by atoms with Gasteiger partial charge in [-0.1, -0.05) is 24.3 Å². The monoisotopic (exact) mass is 411 g/mol. The maximum atomic E-state index is 13.9. The summed E-state index contributed by atoms with van der Waals surface area (Å²) in [5.74, 6) is 0.781. The number of halogens is 1. The van der Waals surface area contributed by atoms with Crippen molar-refractivity contribution in [3.8, 4) is 0 Å². The van der Waals surface area contributed by atoms with Crippen LogP contribution >= 0.6 is 11.8 Å². The minimum absolute atomic E-state index is 0.0249. The largest absolute Gasteiger partial charge is 0.364 e. The zero-order valence-electron chi connectivity index (χ0n) is 16.4. The normalized spacial score (nSPS) is 25.1. The second-order valence-electron chi connectivity index (χ2n) is 8.14. The molecule has 0 aromatic heterocycles. The summed E-state index contributed by atoms with van der Waals surface area (Å²) in [5, 5.41) is 6.57. The molecule has 2 aromatic carbocycles. The first-order valence-corrected chi connectivity index (χ1v) is 11.5. The van der Waals surface area contributed by atoms with Crippen LogP contribution in [-0.2, 0) is 0 Å². The van der Waals surface area contributed by atoms with Crippen LogP contribution < -0.4 is 15.5 Å². The van der Waals surface area contributed by atoms with E-state index in [1.54, 1.807) is 18.2 Å². The van der Waals surface area contributed by atoms with Crippen LogP contribution in [0.3, 0.4) is 0 Å². The van der Waals surface area contributed by atoms with E-state index in [1.165, 1.54) is 28.6 Å². The first-order chi connectivity index (χ1) is 14.2. The van der Waals surface area contributed by atoms with Gasteiger partial charge in [0.25, 0.3) is 5.91 Å². The summed E-state index contributed by atoms with van der Waals surface area (Å²) in [4.78, 5) is 16.6. The number of fused-ring (bicyclic) bond motifs is 3. The third-order valence-electron chi connectivity index (χ3n) is 6.69. The van der Waals surface area contributed by atoms with Gasteiger partial charge in [-0.25, -0.2) is 4.39 Å². The lowest BCUT2D eigenvalue weighted by Crippen LogP contribution is -2.57. The van der Waals surface area contributed by atoms with Gasteiger partial charge in [-0.15, -0.1) is 11.8 Å². The molecule has 0 radical (unpaired) electrons. The lowest BCUT2D eigenvalue weighted by molar-refractivity contribution is 0.0944. The first kappa shape index (κ1) is 18.9. The van der Waals surface area contributed by atoms with Crippen LogP contribution in [0.1, 0.15) is 41.1 Å². The Labute approximate surface area is 175 Å². The number of benzene rings is 2. The zero-order chi connectivity index (χ0) is 19.8. The van der Waals surface area contributed by atoms with E-state index >= 15 is 0 Å². The van der Waals surface area contributed by atoms with Crippen molar-refractivity contribution in [2.24, 2.45) is 0 Å². The van der Waals surface area contributed by atoms with E-state index in [9.17, 15) is 9.18 Å². The van der Waals surface area contributed by atoms with Crippen molar-refractivity contribution in [3.63, 3.8) is 0 Å². The lowest BCUT2D eigenvalue weighted by atomic mass is 9.75. The van der Waals surface area contributed by atoms with Gasteiger partial charge in [0.1, 0.15) is 5.82 Å². The fraction of sp³-hybridized carbons (Fsp3) is 0.435. The highest BCUT2D eigenvalue weighted by atomic mass is 32.2. The number of para-hydroxylation sites is 1. The molecule has 152 valence electrons. The SMILES string of the molecule is O=C(NCCC12CCNCC1c1cccc3c1N2CCCS3)c1ccccc1F. The molecule has 3 aliphatic heterocycles. The topological polar surface area (TPSA) is 44.4 Å². The van der Waals surface area contributed by atoms with Crippen LogP contribution in [0.25, 0.3) is 0 Å². The Balaban J connectivity index is 1.40. The quantitative estimate of drug-likeness (QED) is 0.804. The number of amides is 1. The number of rotatable bonds is 4. The predicted octanol–water partition coefficient (Wildman–Crippen LogP) is 3.78. The summed E-state index contributed by atoms with van der Waals surface area (Å²) in [6.45, 7) is 3.58. The molecule has 1 saturated heterocycles. The van der Waals surface area contributed by atoms with Gasteiger partial charge in [0.05, 0.1) is 16.8 Å². The number of anilines is 1. The first-order valence-electron chi connectivity index (χ1n) is 10.5. The molecule has 29 heavy (non-hydrogen) atoms. The van der Waals surface area contributed by atoms with Crippen LogP contribution in [0.2, 0.25) is 0 Å². The Morgan fingerprint density at radius 2 is 2.17 bits per heavy atom. The van der Waals surface area contributed by atoms with Gasteiger partial charge < -0.3 is 15.5 Å². The number of carbonyl (C=O) groups excluding carboxylic acids is 1. The van der Waals surface area contributed by atoms with Gasteiger partial charge in [0.15, 0.2) is 0 Å². The van der Waals surface area contributed by atoms with Crippen molar-refractivity contribution in [1.82, 2.24) is 10.6 Å².